The van der Waals surface area contributed by atoms with Gasteiger partial charge in [0, 0.05) is 4.47 Å². The summed E-state index contributed by atoms with van der Waals surface area (Å²) in [6.45, 7) is 0. The number of benzene rings is 1. The summed E-state index contributed by atoms with van der Waals surface area (Å²) in [6.07, 6.45) is 2.22. The van der Waals surface area contributed by atoms with E-state index in [4.69, 9.17) is 5.73 Å². The minimum Gasteiger partial charge on any atom is -0.480 e. The summed E-state index contributed by atoms with van der Waals surface area (Å²) in [4.78, 5) is 11.2. The Bertz CT molecular complexity index is 419. The normalized spacial score (nSPS) is 24.7. The van der Waals surface area contributed by atoms with Crippen molar-refractivity contribution in [2.45, 2.75) is 24.8 Å². The molecule has 0 aliphatic heterocycles. The zero-order valence-electron chi connectivity index (χ0n) is 8.16. The fourth-order valence-corrected chi connectivity index (χ4v) is 2.70. The van der Waals surface area contributed by atoms with Crippen LogP contribution in [0.4, 0.5) is 0 Å². The first-order valence-corrected chi connectivity index (χ1v) is 5.65. The Labute approximate surface area is 96.4 Å². The lowest BCUT2D eigenvalue weighted by molar-refractivity contribution is -0.144. The van der Waals surface area contributed by atoms with Gasteiger partial charge in [-0.1, -0.05) is 28.1 Å². The van der Waals surface area contributed by atoms with Crippen LogP contribution < -0.4 is 5.73 Å². The molecule has 0 aromatic heterocycles. The predicted molar refractivity (Wildman–Crippen MR) is 60.6 cm³/mol. The van der Waals surface area contributed by atoms with Gasteiger partial charge in [-0.15, -0.1) is 0 Å². The third-order valence-corrected chi connectivity index (χ3v) is 3.72. The second-order valence-electron chi connectivity index (χ2n) is 3.90. The molecule has 80 valence electrons. The van der Waals surface area contributed by atoms with Crippen molar-refractivity contribution >= 4 is 21.9 Å². The molecule has 4 heteroatoms. The molecule has 0 saturated heterocycles. The summed E-state index contributed by atoms with van der Waals surface area (Å²) in [5, 5.41) is 9.19. The fraction of sp³-hybridized carbons (Fsp3) is 0.364. The van der Waals surface area contributed by atoms with E-state index < -0.39 is 11.5 Å². The average molecular weight is 270 g/mol. The van der Waals surface area contributed by atoms with Crippen molar-refractivity contribution in [3.8, 4) is 0 Å². The molecule has 1 aromatic carbocycles. The van der Waals surface area contributed by atoms with Crippen molar-refractivity contribution in [1.29, 1.82) is 0 Å². The highest BCUT2D eigenvalue weighted by molar-refractivity contribution is 9.10. The first-order chi connectivity index (χ1) is 7.05. The highest BCUT2D eigenvalue weighted by atomic mass is 79.9. The van der Waals surface area contributed by atoms with Gasteiger partial charge in [-0.2, -0.15) is 0 Å². The first kappa shape index (κ1) is 10.6. The molecule has 0 spiro atoms. The van der Waals surface area contributed by atoms with E-state index in [9.17, 15) is 9.90 Å². The molecule has 0 bridgehead atoms. The van der Waals surface area contributed by atoms with Gasteiger partial charge >= 0.3 is 5.97 Å². The molecule has 0 heterocycles. The number of hydrogen-bond acceptors (Lipinski definition) is 2. The predicted octanol–water partition coefficient (Wildman–Crippen LogP) is 2.02. The van der Waals surface area contributed by atoms with E-state index in [1.165, 1.54) is 0 Å². The molecule has 1 aromatic rings. The molecule has 1 aliphatic carbocycles. The van der Waals surface area contributed by atoms with Crippen LogP contribution in [-0.2, 0) is 16.8 Å². The molecular formula is C11H12BrNO2. The van der Waals surface area contributed by atoms with Gasteiger partial charge in [0.15, 0.2) is 0 Å². The van der Waals surface area contributed by atoms with Crippen molar-refractivity contribution in [2.24, 2.45) is 5.73 Å². The van der Waals surface area contributed by atoms with Crippen LogP contribution >= 0.6 is 15.9 Å². The molecule has 0 amide bonds. The van der Waals surface area contributed by atoms with Gasteiger partial charge in [0.1, 0.15) is 5.54 Å². The maximum absolute atomic E-state index is 11.2. The Balaban J connectivity index is 2.61. The second kappa shape index (κ2) is 3.61. The number of hydrogen-bond donors (Lipinski definition) is 2. The van der Waals surface area contributed by atoms with Crippen LogP contribution in [0.3, 0.4) is 0 Å². The largest absolute Gasteiger partial charge is 0.480 e. The maximum Gasteiger partial charge on any atom is 0.328 e. The highest BCUT2D eigenvalue weighted by Crippen LogP contribution is 2.36. The van der Waals surface area contributed by atoms with Gasteiger partial charge in [0.2, 0.25) is 0 Å². The molecule has 15 heavy (non-hydrogen) atoms. The van der Waals surface area contributed by atoms with Gasteiger partial charge in [-0.05, 0) is 36.5 Å². The lowest BCUT2D eigenvalue weighted by atomic mass is 9.77. The number of halogens is 1. The average Bonchev–Trinajstić information content (AvgIpc) is 2.20. The number of nitrogens with two attached hydrogens (primary N) is 1. The number of carboxylic acid groups (broad SMARTS) is 1. The van der Waals surface area contributed by atoms with E-state index in [1.54, 1.807) is 0 Å². The standard InChI is InChI=1S/C11H12BrNO2/c12-9-5-1-4-8-7(9)3-2-6-11(8,13)10(14)15/h1,4-5H,2-3,6,13H2,(H,14,15). The van der Waals surface area contributed by atoms with Crippen LogP contribution in [0.5, 0.6) is 0 Å². The molecule has 1 aliphatic rings. The van der Waals surface area contributed by atoms with E-state index >= 15 is 0 Å². The summed E-state index contributed by atoms with van der Waals surface area (Å²) >= 11 is 3.43. The molecule has 1 unspecified atom stereocenters. The van der Waals surface area contributed by atoms with Crippen molar-refractivity contribution in [1.82, 2.24) is 0 Å². The third kappa shape index (κ3) is 1.58. The van der Waals surface area contributed by atoms with Crippen molar-refractivity contribution in [3.63, 3.8) is 0 Å². The van der Waals surface area contributed by atoms with Crippen LogP contribution in [0.1, 0.15) is 24.0 Å². The monoisotopic (exact) mass is 269 g/mol. The van der Waals surface area contributed by atoms with Crippen molar-refractivity contribution in [3.05, 3.63) is 33.8 Å². The molecule has 1 atom stereocenters. The Morgan fingerprint density at radius 2 is 2.27 bits per heavy atom. The molecule has 0 saturated carbocycles. The second-order valence-corrected chi connectivity index (χ2v) is 4.75. The Morgan fingerprint density at radius 1 is 1.53 bits per heavy atom. The lowest BCUT2D eigenvalue weighted by Crippen LogP contribution is -2.47. The first-order valence-electron chi connectivity index (χ1n) is 4.86. The van der Waals surface area contributed by atoms with E-state index in [2.05, 4.69) is 15.9 Å². The van der Waals surface area contributed by atoms with E-state index in [-0.39, 0.29) is 0 Å². The van der Waals surface area contributed by atoms with Gasteiger partial charge in [0.05, 0.1) is 0 Å². The highest BCUT2D eigenvalue weighted by Gasteiger charge is 2.40. The van der Waals surface area contributed by atoms with Crippen LogP contribution in [0.15, 0.2) is 22.7 Å². The summed E-state index contributed by atoms with van der Waals surface area (Å²) in [5.41, 5.74) is 6.53. The zero-order chi connectivity index (χ0) is 11.1. The van der Waals surface area contributed by atoms with E-state index in [0.29, 0.717) is 6.42 Å². The minimum atomic E-state index is -1.21. The smallest absolute Gasteiger partial charge is 0.328 e. The van der Waals surface area contributed by atoms with Gasteiger partial charge in [-0.25, -0.2) is 4.79 Å². The van der Waals surface area contributed by atoms with Crippen LogP contribution in [-0.4, -0.2) is 11.1 Å². The van der Waals surface area contributed by atoms with Crippen molar-refractivity contribution < 1.29 is 9.90 Å². The lowest BCUT2D eigenvalue weighted by Gasteiger charge is -2.32. The Hall–Kier alpha value is -0.870. The number of aliphatic carboxylic acids is 1. The molecule has 0 radical (unpaired) electrons. The summed E-state index contributed by atoms with van der Waals surface area (Å²) in [7, 11) is 0. The van der Waals surface area contributed by atoms with E-state index in [0.717, 1.165) is 28.4 Å². The van der Waals surface area contributed by atoms with Crippen molar-refractivity contribution in [2.75, 3.05) is 0 Å². The maximum atomic E-state index is 11.2. The minimum absolute atomic E-state index is 0.506. The number of rotatable bonds is 1. The molecule has 3 N–H and O–H groups in total. The van der Waals surface area contributed by atoms with E-state index in [1.807, 2.05) is 18.2 Å². The van der Waals surface area contributed by atoms with Gasteiger partial charge < -0.3 is 10.8 Å². The fourth-order valence-electron chi connectivity index (χ4n) is 2.13. The summed E-state index contributed by atoms with van der Waals surface area (Å²) in [6, 6.07) is 5.57. The van der Waals surface area contributed by atoms with Gasteiger partial charge in [0.25, 0.3) is 0 Å². The SMILES string of the molecule is NC1(C(=O)O)CCCc2c(Br)cccc21. The van der Waals surface area contributed by atoms with Gasteiger partial charge in [-0.3, -0.25) is 0 Å². The molecule has 0 fully saturated rings. The third-order valence-electron chi connectivity index (χ3n) is 2.98. The van der Waals surface area contributed by atoms with Crippen LogP contribution in [0.25, 0.3) is 0 Å². The number of carboxylic acids is 1. The molecular weight excluding hydrogens is 258 g/mol. The Morgan fingerprint density at radius 3 is 2.93 bits per heavy atom. The molecule has 2 rings (SSSR count). The Kier molecular flexibility index (Phi) is 2.56. The topological polar surface area (TPSA) is 63.3 Å². The summed E-state index contributed by atoms with van der Waals surface area (Å²) < 4.78 is 0.954. The molecule has 3 nitrogen and oxygen atoms in total. The van der Waals surface area contributed by atoms with Crippen LogP contribution in [0, 0.1) is 0 Å². The quantitative estimate of drug-likeness (QED) is 0.820. The number of fused-ring (bicyclic) bond motifs is 1. The summed E-state index contributed by atoms with van der Waals surface area (Å²) in [5.74, 6) is -0.943. The zero-order valence-corrected chi connectivity index (χ0v) is 9.75. The van der Waals surface area contributed by atoms with Crippen LogP contribution in [0.2, 0.25) is 0 Å². The number of carbonyl (C=O) groups is 1.